The van der Waals surface area contributed by atoms with Crippen molar-refractivity contribution in [1.82, 2.24) is 9.97 Å². The summed E-state index contributed by atoms with van der Waals surface area (Å²) in [7, 11) is 0. The van der Waals surface area contributed by atoms with Gasteiger partial charge in [-0.05, 0) is 24.8 Å². The molecule has 1 saturated heterocycles. The Morgan fingerprint density at radius 2 is 2.05 bits per heavy atom. The SMILES string of the molecule is CCc1nc(N2CCOCC2)c2c3c(sc2n1)CCC3. The first-order valence-electron chi connectivity index (χ1n) is 7.50. The van der Waals surface area contributed by atoms with Crippen molar-refractivity contribution in [1.29, 1.82) is 0 Å². The summed E-state index contributed by atoms with van der Waals surface area (Å²) in [5.74, 6) is 2.13. The number of thiophene rings is 1. The molecule has 4 rings (SSSR count). The van der Waals surface area contributed by atoms with Crippen LogP contribution in [-0.2, 0) is 24.0 Å². The Balaban J connectivity index is 1.91. The van der Waals surface area contributed by atoms with Crippen LogP contribution in [-0.4, -0.2) is 36.3 Å². The van der Waals surface area contributed by atoms with Crippen LogP contribution in [0, 0.1) is 0 Å². The highest BCUT2D eigenvalue weighted by Gasteiger charge is 2.25. The third-order valence-electron chi connectivity index (χ3n) is 4.22. The zero-order valence-electron chi connectivity index (χ0n) is 11.8. The van der Waals surface area contributed by atoms with Crippen molar-refractivity contribution in [2.45, 2.75) is 32.6 Å². The van der Waals surface area contributed by atoms with E-state index in [2.05, 4.69) is 11.8 Å². The fourth-order valence-corrected chi connectivity index (χ4v) is 4.46. The normalized spacial score (nSPS) is 18.8. The van der Waals surface area contributed by atoms with Gasteiger partial charge < -0.3 is 9.64 Å². The second-order valence-electron chi connectivity index (χ2n) is 5.45. The summed E-state index contributed by atoms with van der Waals surface area (Å²) >= 11 is 1.89. The van der Waals surface area contributed by atoms with Crippen LogP contribution in [0.15, 0.2) is 0 Å². The van der Waals surface area contributed by atoms with Gasteiger partial charge in [0.2, 0.25) is 0 Å². The summed E-state index contributed by atoms with van der Waals surface area (Å²) in [5, 5.41) is 1.33. The average Bonchev–Trinajstić information content (AvgIpc) is 3.07. The first-order valence-corrected chi connectivity index (χ1v) is 8.32. The van der Waals surface area contributed by atoms with Crippen LogP contribution >= 0.6 is 11.3 Å². The van der Waals surface area contributed by atoms with Gasteiger partial charge in [0.15, 0.2) is 0 Å². The summed E-state index contributed by atoms with van der Waals surface area (Å²) in [6.07, 6.45) is 4.60. The van der Waals surface area contributed by atoms with Gasteiger partial charge in [0.05, 0.1) is 18.6 Å². The molecule has 0 amide bonds. The van der Waals surface area contributed by atoms with E-state index in [9.17, 15) is 0 Å². The van der Waals surface area contributed by atoms with Gasteiger partial charge in [-0.25, -0.2) is 9.97 Å². The van der Waals surface area contributed by atoms with E-state index in [0.29, 0.717) is 0 Å². The number of aromatic nitrogens is 2. The number of rotatable bonds is 2. The number of nitrogens with zero attached hydrogens (tertiary/aromatic N) is 3. The van der Waals surface area contributed by atoms with Crippen molar-refractivity contribution in [3.8, 4) is 0 Å². The topological polar surface area (TPSA) is 38.2 Å². The molecule has 0 N–H and O–H groups in total. The molecular formula is C15H19N3OS. The number of aryl methyl sites for hydroxylation is 3. The summed E-state index contributed by atoms with van der Waals surface area (Å²) in [4.78, 5) is 14.7. The van der Waals surface area contributed by atoms with E-state index in [1.165, 1.54) is 39.9 Å². The first kappa shape index (κ1) is 12.5. The van der Waals surface area contributed by atoms with E-state index in [1.54, 1.807) is 0 Å². The quantitative estimate of drug-likeness (QED) is 0.851. The highest BCUT2D eigenvalue weighted by molar-refractivity contribution is 7.19. The minimum Gasteiger partial charge on any atom is -0.378 e. The first-order chi connectivity index (χ1) is 9.86. The summed E-state index contributed by atoms with van der Waals surface area (Å²) < 4.78 is 5.48. The van der Waals surface area contributed by atoms with Gasteiger partial charge in [0, 0.05) is 24.4 Å². The molecule has 0 bridgehead atoms. The second kappa shape index (κ2) is 4.97. The van der Waals surface area contributed by atoms with Crippen molar-refractivity contribution >= 4 is 27.4 Å². The van der Waals surface area contributed by atoms with E-state index in [-0.39, 0.29) is 0 Å². The van der Waals surface area contributed by atoms with Crippen molar-refractivity contribution < 1.29 is 4.74 Å². The molecule has 3 heterocycles. The molecule has 0 saturated carbocycles. The van der Waals surface area contributed by atoms with Gasteiger partial charge in [-0.1, -0.05) is 6.92 Å². The molecule has 1 aliphatic heterocycles. The van der Waals surface area contributed by atoms with Crippen molar-refractivity contribution in [2.75, 3.05) is 31.2 Å². The maximum Gasteiger partial charge on any atom is 0.141 e. The largest absolute Gasteiger partial charge is 0.378 e. The zero-order chi connectivity index (χ0) is 13.5. The predicted octanol–water partition coefficient (Wildman–Crippen LogP) is 2.58. The third kappa shape index (κ3) is 1.91. The Labute approximate surface area is 122 Å². The van der Waals surface area contributed by atoms with Gasteiger partial charge in [-0.2, -0.15) is 0 Å². The lowest BCUT2D eigenvalue weighted by Gasteiger charge is -2.28. The number of morpholine rings is 1. The second-order valence-corrected chi connectivity index (χ2v) is 6.54. The van der Waals surface area contributed by atoms with E-state index in [0.717, 1.165) is 44.4 Å². The van der Waals surface area contributed by atoms with Gasteiger partial charge in [0.25, 0.3) is 0 Å². The lowest BCUT2D eigenvalue weighted by Crippen LogP contribution is -2.37. The molecule has 2 aromatic rings. The smallest absolute Gasteiger partial charge is 0.141 e. The van der Waals surface area contributed by atoms with Gasteiger partial charge in [-0.3, -0.25) is 0 Å². The van der Waals surface area contributed by atoms with Crippen molar-refractivity contribution in [3.63, 3.8) is 0 Å². The van der Waals surface area contributed by atoms with Crippen LogP contribution in [0.2, 0.25) is 0 Å². The molecule has 106 valence electrons. The molecule has 5 heteroatoms. The van der Waals surface area contributed by atoms with Crippen LogP contribution in [0.1, 0.15) is 29.6 Å². The number of ether oxygens (including phenoxy) is 1. The molecule has 0 unspecified atom stereocenters. The number of hydrogen-bond acceptors (Lipinski definition) is 5. The monoisotopic (exact) mass is 289 g/mol. The lowest BCUT2D eigenvalue weighted by molar-refractivity contribution is 0.122. The van der Waals surface area contributed by atoms with Gasteiger partial charge in [0.1, 0.15) is 16.5 Å². The molecule has 0 aromatic carbocycles. The maximum atomic E-state index is 5.48. The van der Waals surface area contributed by atoms with E-state index < -0.39 is 0 Å². The minimum atomic E-state index is 0.805. The van der Waals surface area contributed by atoms with E-state index in [1.807, 2.05) is 11.3 Å². The molecule has 2 aromatic heterocycles. The third-order valence-corrected chi connectivity index (χ3v) is 5.40. The molecule has 0 spiro atoms. The minimum absolute atomic E-state index is 0.805. The molecule has 0 atom stereocenters. The molecule has 20 heavy (non-hydrogen) atoms. The van der Waals surface area contributed by atoms with Crippen LogP contribution in [0.25, 0.3) is 10.2 Å². The fourth-order valence-electron chi connectivity index (χ4n) is 3.18. The molecule has 1 aliphatic carbocycles. The Morgan fingerprint density at radius 1 is 1.20 bits per heavy atom. The molecule has 0 radical (unpaired) electrons. The Hall–Kier alpha value is -1.20. The van der Waals surface area contributed by atoms with Gasteiger partial charge >= 0.3 is 0 Å². The fraction of sp³-hybridized carbons (Fsp3) is 0.600. The number of hydrogen-bond donors (Lipinski definition) is 0. The van der Waals surface area contributed by atoms with E-state index >= 15 is 0 Å². The molecule has 4 nitrogen and oxygen atoms in total. The molecule has 2 aliphatic rings. The number of fused-ring (bicyclic) bond motifs is 3. The highest BCUT2D eigenvalue weighted by atomic mass is 32.1. The van der Waals surface area contributed by atoms with Gasteiger partial charge in [-0.15, -0.1) is 11.3 Å². The predicted molar refractivity (Wildman–Crippen MR) is 81.9 cm³/mol. The van der Waals surface area contributed by atoms with E-state index in [4.69, 9.17) is 14.7 Å². The van der Waals surface area contributed by atoms with Crippen molar-refractivity contribution in [3.05, 3.63) is 16.3 Å². The number of anilines is 1. The summed E-state index contributed by atoms with van der Waals surface area (Å²) in [6, 6.07) is 0. The highest BCUT2D eigenvalue weighted by Crippen LogP contribution is 2.40. The van der Waals surface area contributed by atoms with Crippen LogP contribution in [0.3, 0.4) is 0 Å². The maximum absolute atomic E-state index is 5.48. The molecular weight excluding hydrogens is 270 g/mol. The Bertz CT molecular complexity index is 646. The summed E-state index contributed by atoms with van der Waals surface area (Å²) in [5.41, 5.74) is 1.52. The molecule has 1 fully saturated rings. The Kier molecular flexibility index (Phi) is 3.11. The van der Waals surface area contributed by atoms with Crippen molar-refractivity contribution in [2.24, 2.45) is 0 Å². The Morgan fingerprint density at radius 3 is 2.85 bits per heavy atom. The van der Waals surface area contributed by atoms with Crippen LogP contribution < -0.4 is 4.90 Å². The van der Waals surface area contributed by atoms with Crippen LogP contribution in [0.5, 0.6) is 0 Å². The lowest BCUT2D eigenvalue weighted by atomic mass is 10.1. The average molecular weight is 289 g/mol. The summed E-state index contributed by atoms with van der Waals surface area (Å²) in [6.45, 7) is 5.63. The zero-order valence-corrected chi connectivity index (χ0v) is 12.6. The standard InChI is InChI=1S/C15H19N3OS/c1-2-12-16-14(18-6-8-19-9-7-18)13-10-4-3-5-11(10)20-15(13)17-12/h2-9H2,1H3. The van der Waals surface area contributed by atoms with Crippen LogP contribution in [0.4, 0.5) is 5.82 Å².